The lowest BCUT2D eigenvalue weighted by Crippen LogP contribution is -2.03. The molecule has 8 aromatic carbocycles. The topological polar surface area (TPSA) is 48.8 Å². The number of benzene rings is 8. The minimum Gasteiger partial charge on any atom is -0.455 e. The van der Waals surface area contributed by atoms with Crippen molar-refractivity contribution < 1.29 is 4.42 Å². The maximum Gasteiger partial charge on any atom is 0.235 e. The van der Waals surface area contributed by atoms with E-state index in [0.29, 0.717) is 5.95 Å². The van der Waals surface area contributed by atoms with E-state index in [1.165, 1.54) is 27.2 Å². The second-order valence-electron chi connectivity index (χ2n) is 13.7. The van der Waals surface area contributed by atoms with Crippen molar-refractivity contribution >= 4 is 87.2 Å². The molecule has 0 saturated heterocycles. The van der Waals surface area contributed by atoms with Crippen molar-refractivity contribution in [3.05, 3.63) is 170 Å². The number of fused-ring (bicyclic) bond motifs is 13. The maximum atomic E-state index is 6.62. The Hall–Kier alpha value is -7.24. The third kappa shape index (κ3) is 3.91. The maximum absolute atomic E-state index is 6.62. The summed E-state index contributed by atoms with van der Waals surface area (Å²) in [7, 11) is 0. The Bertz CT molecular complexity index is 3460. The van der Waals surface area contributed by atoms with Crippen LogP contribution in [0.15, 0.2) is 174 Å². The monoisotopic (exact) mass is 676 g/mol. The SMILES string of the molecule is c1ccc(-n2c3ccccc3c3c4c5ccccc5n(-c5nc(-c6cccc7oc8c9ccccc9ccc8c67)c6ccccc6n5)c4ccc32)cc1. The zero-order chi connectivity index (χ0) is 34.6. The van der Waals surface area contributed by atoms with Crippen LogP contribution < -0.4 is 0 Å². The molecule has 0 fully saturated rings. The summed E-state index contributed by atoms with van der Waals surface area (Å²) in [5.41, 5.74) is 10.1. The number of hydrogen-bond donors (Lipinski definition) is 0. The second-order valence-corrected chi connectivity index (χ2v) is 13.7. The zero-order valence-corrected chi connectivity index (χ0v) is 28.4. The van der Waals surface area contributed by atoms with Gasteiger partial charge in [0.05, 0.1) is 33.3 Å². The minimum absolute atomic E-state index is 0.631. The normalized spacial score (nSPS) is 12.2. The molecule has 4 aromatic heterocycles. The van der Waals surface area contributed by atoms with E-state index >= 15 is 0 Å². The van der Waals surface area contributed by atoms with Gasteiger partial charge in [-0.2, -0.15) is 0 Å². The van der Waals surface area contributed by atoms with E-state index in [4.69, 9.17) is 14.4 Å². The van der Waals surface area contributed by atoms with E-state index < -0.39 is 0 Å². The third-order valence-electron chi connectivity index (χ3n) is 10.9. The third-order valence-corrected chi connectivity index (χ3v) is 10.9. The summed E-state index contributed by atoms with van der Waals surface area (Å²) in [4.78, 5) is 10.8. The first kappa shape index (κ1) is 28.5. The van der Waals surface area contributed by atoms with Crippen molar-refractivity contribution in [1.29, 1.82) is 0 Å². The van der Waals surface area contributed by atoms with Crippen LogP contribution in [0.3, 0.4) is 0 Å². The Morgan fingerprint density at radius 1 is 0.396 bits per heavy atom. The number of rotatable bonds is 3. The van der Waals surface area contributed by atoms with Crippen molar-refractivity contribution in [3.8, 4) is 22.9 Å². The molecule has 5 nitrogen and oxygen atoms in total. The van der Waals surface area contributed by atoms with Crippen LogP contribution >= 0.6 is 0 Å². The molecule has 0 aliphatic heterocycles. The molecule has 0 aliphatic carbocycles. The molecule has 4 heterocycles. The fraction of sp³-hybridized carbons (Fsp3) is 0. The van der Waals surface area contributed by atoms with Crippen LogP contribution in [0.5, 0.6) is 0 Å². The number of hydrogen-bond acceptors (Lipinski definition) is 3. The summed E-state index contributed by atoms with van der Waals surface area (Å²) >= 11 is 0. The van der Waals surface area contributed by atoms with E-state index in [9.17, 15) is 0 Å². The lowest BCUT2D eigenvalue weighted by Gasteiger charge is -2.12. The molecule has 0 amide bonds. The zero-order valence-electron chi connectivity index (χ0n) is 28.4. The number of nitrogens with zero attached hydrogens (tertiary/aromatic N) is 4. The van der Waals surface area contributed by atoms with Gasteiger partial charge >= 0.3 is 0 Å². The predicted molar refractivity (Wildman–Crippen MR) is 218 cm³/mol. The summed E-state index contributed by atoms with van der Waals surface area (Å²) in [6.07, 6.45) is 0. The molecule has 0 bridgehead atoms. The predicted octanol–water partition coefficient (Wildman–Crippen LogP) is 12.5. The van der Waals surface area contributed by atoms with Crippen molar-refractivity contribution in [3.63, 3.8) is 0 Å². The number of aromatic nitrogens is 4. The molecule has 53 heavy (non-hydrogen) atoms. The Morgan fingerprint density at radius 3 is 1.83 bits per heavy atom. The molecular weight excluding hydrogens is 649 g/mol. The first-order valence-electron chi connectivity index (χ1n) is 17.9. The molecule has 0 radical (unpaired) electrons. The van der Waals surface area contributed by atoms with E-state index in [1.807, 2.05) is 0 Å². The molecule has 0 N–H and O–H groups in total. The Balaban J connectivity index is 1.19. The van der Waals surface area contributed by atoms with E-state index in [2.05, 4.69) is 179 Å². The Labute approximate surface area is 302 Å². The van der Waals surface area contributed by atoms with Gasteiger partial charge in [-0.1, -0.05) is 115 Å². The van der Waals surface area contributed by atoms with Gasteiger partial charge in [0.25, 0.3) is 0 Å². The van der Waals surface area contributed by atoms with Crippen LogP contribution in [0.25, 0.3) is 110 Å². The Kier molecular flexibility index (Phi) is 5.71. The summed E-state index contributed by atoms with van der Waals surface area (Å²) in [5.74, 6) is 0.631. The fourth-order valence-electron chi connectivity index (χ4n) is 8.71. The smallest absolute Gasteiger partial charge is 0.235 e. The van der Waals surface area contributed by atoms with Crippen LogP contribution in [-0.2, 0) is 0 Å². The molecule has 246 valence electrons. The quantitative estimate of drug-likeness (QED) is 0.187. The average molecular weight is 677 g/mol. The molecular formula is C48H28N4O. The first-order valence-corrected chi connectivity index (χ1v) is 17.9. The van der Waals surface area contributed by atoms with E-state index in [-0.39, 0.29) is 0 Å². The van der Waals surface area contributed by atoms with Gasteiger partial charge in [-0.05, 0) is 60.0 Å². The second kappa shape index (κ2) is 10.6. The van der Waals surface area contributed by atoms with Gasteiger partial charge in [-0.3, -0.25) is 4.57 Å². The van der Waals surface area contributed by atoms with Gasteiger partial charge in [-0.25, -0.2) is 9.97 Å². The summed E-state index contributed by atoms with van der Waals surface area (Å²) < 4.78 is 11.2. The molecule has 12 aromatic rings. The van der Waals surface area contributed by atoms with Crippen molar-refractivity contribution in [2.24, 2.45) is 0 Å². The Morgan fingerprint density at radius 2 is 1.04 bits per heavy atom. The van der Waals surface area contributed by atoms with Crippen LogP contribution in [0.2, 0.25) is 0 Å². The highest BCUT2D eigenvalue weighted by molar-refractivity contribution is 6.29. The molecule has 5 heteroatoms. The summed E-state index contributed by atoms with van der Waals surface area (Å²) in [5, 5.41) is 10.2. The van der Waals surface area contributed by atoms with Gasteiger partial charge in [0.1, 0.15) is 11.2 Å². The van der Waals surface area contributed by atoms with Gasteiger partial charge in [0.2, 0.25) is 5.95 Å². The molecule has 0 aliphatic rings. The lowest BCUT2D eigenvalue weighted by molar-refractivity contribution is 0.673. The van der Waals surface area contributed by atoms with Crippen LogP contribution in [-0.4, -0.2) is 19.1 Å². The lowest BCUT2D eigenvalue weighted by atomic mass is 9.99. The van der Waals surface area contributed by atoms with Crippen molar-refractivity contribution in [1.82, 2.24) is 19.1 Å². The van der Waals surface area contributed by atoms with E-state index in [1.54, 1.807) is 0 Å². The van der Waals surface area contributed by atoms with Crippen LogP contribution in [0, 0.1) is 0 Å². The number of para-hydroxylation sites is 4. The molecule has 0 saturated carbocycles. The van der Waals surface area contributed by atoms with Crippen LogP contribution in [0.1, 0.15) is 0 Å². The highest BCUT2D eigenvalue weighted by Crippen LogP contribution is 2.44. The highest BCUT2D eigenvalue weighted by Gasteiger charge is 2.23. The van der Waals surface area contributed by atoms with Gasteiger partial charge in [0, 0.05) is 54.3 Å². The molecule has 12 rings (SSSR count). The highest BCUT2D eigenvalue weighted by atomic mass is 16.3. The summed E-state index contributed by atoms with van der Waals surface area (Å²) in [6, 6.07) is 59.9. The average Bonchev–Trinajstić information content (AvgIpc) is 3.89. The fourth-order valence-corrected chi connectivity index (χ4v) is 8.71. The molecule has 0 atom stereocenters. The van der Waals surface area contributed by atoms with Gasteiger partial charge in [0.15, 0.2) is 0 Å². The summed E-state index contributed by atoms with van der Waals surface area (Å²) in [6.45, 7) is 0. The van der Waals surface area contributed by atoms with Crippen LogP contribution in [0.4, 0.5) is 0 Å². The van der Waals surface area contributed by atoms with Crippen molar-refractivity contribution in [2.45, 2.75) is 0 Å². The standard InChI is InChI=1S/C48H28N4O/c1-2-14-30(15-3-1)51-38-22-10-7-18-33(38)44-40(51)27-28-41-45(44)34-19-8-11-23-39(34)52(41)48-49-37-21-9-6-17-32(37)46(50-48)35-20-12-24-42-43(35)36-26-25-29-13-4-5-16-31(29)47(36)53-42/h1-28H. The van der Waals surface area contributed by atoms with E-state index in [0.717, 1.165) is 77.0 Å². The molecule has 0 spiro atoms. The van der Waals surface area contributed by atoms with Crippen molar-refractivity contribution in [2.75, 3.05) is 0 Å². The minimum atomic E-state index is 0.631. The van der Waals surface area contributed by atoms with Gasteiger partial charge in [-0.15, -0.1) is 0 Å². The largest absolute Gasteiger partial charge is 0.455 e. The van der Waals surface area contributed by atoms with Gasteiger partial charge < -0.3 is 8.98 Å². The number of furan rings is 1. The first-order chi connectivity index (χ1) is 26.3. The molecule has 0 unspecified atom stereocenters.